The SMILES string of the molecule is COc1cc(CSc2ncc(CO)n2CC(=O)NC2CCCC2)cc(OC)c1. The summed E-state index contributed by atoms with van der Waals surface area (Å²) in [6.45, 7) is 0.00735. The molecule has 8 heteroatoms. The number of aromatic nitrogens is 2. The number of aliphatic hydroxyl groups excluding tert-OH is 1. The normalized spacial score (nSPS) is 14.2. The Hall–Kier alpha value is -2.19. The zero-order chi connectivity index (χ0) is 19.9. The molecule has 0 atom stereocenters. The zero-order valence-electron chi connectivity index (χ0n) is 16.3. The van der Waals surface area contributed by atoms with Crippen LogP contribution in [0.4, 0.5) is 0 Å². The molecular weight excluding hydrogens is 378 g/mol. The fourth-order valence-corrected chi connectivity index (χ4v) is 4.31. The summed E-state index contributed by atoms with van der Waals surface area (Å²) in [6.07, 6.45) is 6.05. The van der Waals surface area contributed by atoms with Crippen molar-refractivity contribution in [3.63, 3.8) is 0 Å². The molecule has 1 aromatic heterocycles. The number of amides is 1. The van der Waals surface area contributed by atoms with Crippen molar-refractivity contribution in [3.8, 4) is 11.5 Å². The number of carbonyl (C=O) groups is 1. The number of rotatable bonds is 9. The standard InChI is InChI=1S/C20H27N3O4S/c1-26-17-7-14(8-18(9-17)27-2)13-28-20-21-10-16(12-24)23(20)11-19(25)22-15-5-3-4-6-15/h7-10,15,24H,3-6,11-13H2,1-2H3,(H,22,25). The minimum atomic E-state index is -0.156. The molecule has 0 spiro atoms. The van der Waals surface area contributed by atoms with E-state index in [9.17, 15) is 9.90 Å². The number of aliphatic hydroxyl groups is 1. The molecule has 0 bridgehead atoms. The van der Waals surface area contributed by atoms with Crippen LogP contribution in [0.25, 0.3) is 0 Å². The highest BCUT2D eigenvalue weighted by Crippen LogP contribution is 2.28. The molecule has 152 valence electrons. The van der Waals surface area contributed by atoms with Gasteiger partial charge in [-0.2, -0.15) is 0 Å². The van der Waals surface area contributed by atoms with Crippen molar-refractivity contribution in [2.45, 2.75) is 55.8 Å². The highest BCUT2D eigenvalue weighted by molar-refractivity contribution is 7.98. The first kappa shape index (κ1) is 20.5. The Morgan fingerprint density at radius 3 is 2.54 bits per heavy atom. The number of hydrogen-bond acceptors (Lipinski definition) is 6. The van der Waals surface area contributed by atoms with Gasteiger partial charge >= 0.3 is 0 Å². The lowest BCUT2D eigenvalue weighted by Crippen LogP contribution is -2.35. The van der Waals surface area contributed by atoms with E-state index < -0.39 is 0 Å². The van der Waals surface area contributed by atoms with Gasteiger partial charge in [0.15, 0.2) is 5.16 Å². The molecule has 0 saturated heterocycles. The van der Waals surface area contributed by atoms with E-state index in [4.69, 9.17) is 9.47 Å². The van der Waals surface area contributed by atoms with Crippen LogP contribution in [0.15, 0.2) is 29.6 Å². The average Bonchev–Trinajstić information content (AvgIpc) is 3.35. The van der Waals surface area contributed by atoms with Crippen molar-refractivity contribution < 1.29 is 19.4 Å². The van der Waals surface area contributed by atoms with Gasteiger partial charge in [0.25, 0.3) is 0 Å². The second-order valence-electron chi connectivity index (χ2n) is 6.83. The van der Waals surface area contributed by atoms with Crippen molar-refractivity contribution in [2.75, 3.05) is 14.2 Å². The van der Waals surface area contributed by atoms with E-state index in [0.29, 0.717) is 16.6 Å². The van der Waals surface area contributed by atoms with Gasteiger partial charge in [0.2, 0.25) is 5.91 Å². The highest BCUT2D eigenvalue weighted by atomic mass is 32.2. The highest BCUT2D eigenvalue weighted by Gasteiger charge is 2.19. The third-order valence-electron chi connectivity index (χ3n) is 4.86. The number of methoxy groups -OCH3 is 2. The maximum Gasteiger partial charge on any atom is 0.240 e. The van der Waals surface area contributed by atoms with E-state index in [-0.39, 0.29) is 25.1 Å². The van der Waals surface area contributed by atoms with Gasteiger partial charge in [-0.15, -0.1) is 0 Å². The maximum atomic E-state index is 12.4. The molecule has 1 heterocycles. The summed E-state index contributed by atoms with van der Waals surface area (Å²) in [7, 11) is 3.24. The van der Waals surface area contributed by atoms with E-state index in [1.165, 1.54) is 24.6 Å². The van der Waals surface area contributed by atoms with Gasteiger partial charge in [-0.3, -0.25) is 4.79 Å². The van der Waals surface area contributed by atoms with Crippen LogP contribution in [-0.2, 0) is 23.7 Å². The number of benzene rings is 1. The van der Waals surface area contributed by atoms with Crippen LogP contribution in [0.5, 0.6) is 11.5 Å². The maximum absolute atomic E-state index is 12.4. The largest absolute Gasteiger partial charge is 0.497 e. The third kappa shape index (κ3) is 5.20. The second-order valence-corrected chi connectivity index (χ2v) is 7.78. The van der Waals surface area contributed by atoms with E-state index in [1.807, 2.05) is 18.2 Å². The molecule has 0 aliphatic heterocycles. The Labute approximate surface area is 169 Å². The summed E-state index contributed by atoms with van der Waals surface area (Å²) in [5, 5.41) is 13.4. The minimum absolute atomic E-state index is 0.0375. The lowest BCUT2D eigenvalue weighted by molar-refractivity contribution is -0.122. The van der Waals surface area contributed by atoms with Crippen LogP contribution in [-0.4, -0.2) is 40.8 Å². The van der Waals surface area contributed by atoms with E-state index >= 15 is 0 Å². The lowest BCUT2D eigenvalue weighted by atomic mass is 10.2. The molecule has 1 aromatic carbocycles. The Morgan fingerprint density at radius 2 is 1.93 bits per heavy atom. The molecule has 0 unspecified atom stereocenters. The molecular formula is C20H27N3O4S. The number of carbonyl (C=O) groups excluding carboxylic acids is 1. The lowest BCUT2D eigenvalue weighted by Gasteiger charge is -2.15. The van der Waals surface area contributed by atoms with E-state index in [1.54, 1.807) is 25.0 Å². The summed E-state index contributed by atoms with van der Waals surface area (Å²) in [5.41, 5.74) is 1.66. The first-order valence-electron chi connectivity index (χ1n) is 9.42. The molecule has 3 rings (SSSR count). The fourth-order valence-electron chi connectivity index (χ4n) is 3.39. The van der Waals surface area contributed by atoms with E-state index in [2.05, 4.69) is 10.3 Å². The van der Waals surface area contributed by atoms with Crippen molar-refractivity contribution in [3.05, 3.63) is 35.7 Å². The Kier molecular flexibility index (Phi) is 7.22. The smallest absolute Gasteiger partial charge is 0.240 e. The van der Waals surface area contributed by atoms with Gasteiger partial charge in [0, 0.05) is 17.9 Å². The molecule has 0 radical (unpaired) electrons. The molecule has 1 fully saturated rings. The summed E-state index contributed by atoms with van der Waals surface area (Å²) < 4.78 is 12.4. The van der Waals surface area contributed by atoms with Crippen molar-refractivity contribution in [1.82, 2.24) is 14.9 Å². The molecule has 1 saturated carbocycles. The van der Waals surface area contributed by atoms with Gasteiger partial charge in [-0.25, -0.2) is 4.98 Å². The Bertz CT molecular complexity index is 780. The van der Waals surface area contributed by atoms with Crippen LogP contribution >= 0.6 is 11.8 Å². The number of hydrogen-bond donors (Lipinski definition) is 2. The predicted octanol–water partition coefficient (Wildman–Crippen LogP) is 2.74. The number of imidazole rings is 1. The minimum Gasteiger partial charge on any atom is -0.497 e. The topological polar surface area (TPSA) is 85.6 Å². The third-order valence-corrected chi connectivity index (χ3v) is 5.93. The number of nitrogens with one attached hydrogen (secondary N) is 1. The molecule has 2 aromatic rings. The van der Waals surface area contributed by atoms with Crippen LogP contribution < -0.4 is 14.8 Å². The number of ether oxygens (including phenoxy) is 2. The molecule has 7 nitrogen and oxygen atoms in total. The number of thioether (sulfide) groups is 1. The molecule has 2 N–H and O–H groups in total. The number of nitrogens with zero attached hydrogens (tertiary/aromatic N) is 2. The fraction of sp³-hybridized carbons (Fsp3) is 0.500. The first-order chi connectivity index (χ1) is 13.6. The van der Waals surface area contributed by atoms with Crippen molar-refractivity contribution in [1.29, 1.82) is 0 Å². The van der Waals surface area contributed by atoms with Gasteiger partial charge in [0.05, 0.1) is 32.7 Å². The summed E-state index contributed by atoms with van der Waals surface area (Å²) >= 11 is 1.51. The Balaban J connectivity index is 1.68. The summed E-state index contributed by atoms with van der Waals surface area (Å²) in [6, 6.07) is 5.99. The van der Waals surface area contributed by atoms with Crippen molar-refractivity contribution in [2.24, 2.45) is 0 Å². The molecule has 1 amide bonds. The molecule has 1 aliphatic carbocycles. The predicted molar refractivity (Wildman–Crippen MR) is 108 cm³/mol. The monoisotopic (exact) mass is 405 g/mol. The molecule has 1 aliphatic rings. The second kappa shape index (κ2) is 9.84. The first-order valence-corrected chi connectivity index (χ1v) is 10.4. The van der Waals surface area contributed by atoms with Gasteiger partial charge < -0.3 is 24.5 Å². The van der Waals surface area contributed by atoms with Gasteiger partial charge in [-0.1, -0.05) is 24.6 Å². The molecule has 28 heavy (non-hydrogen) atoms. The van der Waals surface area contributed by atoms with Crippen LogP contribution in [0, 0.1) is 0 Å². The van der Waals surface area contributed by atoms with Crippen LogP contribution in [0.1, 0.15) is 36.9 Å². The van der Waals surface area contributed by atoms with Gasteiger partial charge in [0.1, 0.15) is 18.0 Å². The van der Waals surface area contributed by atoms with Gasteiger partial charge in [-0.05, 0) is 30.5 Å². The average molecular weight is 406 g/mol. The summed E-state index contributed by atoms with van der Waals surface area (Å²) in [4.78, 5) is 16.8. The quantitative estimate of drug-likeness (QED) is 0.624. The van der Waals surface area contributed by atoms with Crippen LogP contribution in [0.2, 0.25) is 0 Å². The van der Waals surface area contributed by atoms with E-state index in [0.717, 1.165) is 29.9 Å². The van der Waals surface area contributed by atoms with Crippen LogP contribution in [0.3, 0.4) is 0 Å². The zero-order valence-corrected chi connectivity index (χ0v) is 17.1. The summed E-state index contributed by atoms with van der Waals surface area (Å²) in [5.74, 6) is 2.06. The van der Waals surface area contributed by atoms with Crippen molar-refractivity contribution >= 4 is 17.7 Å². The Morgan fingerprint density at radius 1 is 1.25 bits per heavy atom.